The number of rotatable bonds is 5. The largest absolute Gasteiger partial charge is 0.507 e. The fourth-order valence-corrected chi connectivity index (χ4v) is 2.04. The number of phenolic OH excluding ortho intramolecular Hbond substituents is 1. The van der Waals surface area contributed by atoms with Crippen LogP contribution in [0.25, 0.3) is 6.08 Å². The Morgan fingerprint density at radius 1 is 1.14 bits per heavy atom. The van der Waals surface area contributed by atoms with E-state index in [9.17, 15) is 9.90 Å². The number of phenols is 1. The van der Waals surface area contributed by atoms with Crippen molar-refractivity contribution in [3.63, 3.8) is 0 Å². The van der Waals surface area contributed by atoms with Gasteiger partial charge in [0.1, 0.15) is 17.2 Å². The summed E-state index contributed by atoms with van der Waals surface area (Å²) in [5.41, 5.74) is 0.915. The van der Waals surface area contributed by atoms with Gasteiger partial charge in [-0.3, -0.25) is 4.79 Å². The third kappa shape index (κ3) is 3.59. The molecule has 0 heterocycles. The maximum atomic E-state index is 12.1. The lowest BCUT2D eigenvalue weighted by Gasteiger charge is -2.09. The third-order valence-electron chi connectivity index (χ3n) is 3.08. The molecule has 0 aliphatic heterocycles. The van der Waals surface area contributed by atoms with E-state index >= 15 is 0 Å². The molecule has 0 fully saturated rings. The van der Waals surface area contributed by atoms with Gasteiger partial charge in [-0.15, -0.1) is 0 Å². The Labute approximate surface area is 133 Å². The molecule has 0 saturated carbocycles. The highest BCUT2D eigenvalue weighted by Gasteiger charge is 2.10. The molecule has 0 aliphatic carbocycles. The number of aromatic hydroxyl groups is 1. The zero-order valence-electron chi connectivity index (χ0n) is 12.2. The van der Waals surface area contributed by atoms with E-state index in [0.717, 1.165) is 0 Å². The molecule has 2 aromatic carbocycles. The Hall–Kier alpha value is -2.46. The second-order valence-corrected chi connectivity index (χ2v) is 4.90. The van der Waals surface area contributed by atoms with Gasteiger partial charge in [0, 0.05) is 22.7 Å². The average molecular weight is 319 g/mol. The van der Waals surface area contributed by atoms with Crippen molar-refractivity contribution in [3.8, 4) is 17.2 Å². The first-order chi connectivity index (χ1) is 10.5. The van der Waals surface area contributed by atoms with Gasteiger partial charge in [0.15, 0.2) is 5.78 Å². The van der Waals surface area contributed by atoms with E-state index in [-0.39, 0.29) is 11.5 Å². The normalized spacial score (nSPS) is 10.7. The molecular weight excluding hydrogens is 304 g/mol. The van der Waals surface area contributed by atoms with E-state index in [1.54, 1.807) is 30.3 Å². The van der Waals surface area contributed by atoms with E-state index in [2.05, 4.69) is 0 Å². The molecule has 2 rings (SSSR count). The molecule has 5 heteroatoms. The van der Waals surface area contributed by atoms with Gasteiger partial charge < -0.3 is 14.6 Å². The van der Waals surface area contributed by atoms with Crippen LogP contribution in [0.3, 0.4) is 0 Å². The van der Waals surface area contributed by atoms with E-state index in [1.165, 1.54) is 32.4 Å². The highest BCUT2D eigenvalue weighted by atomic mass is 35.5. The van der Waals surface area contributed by atoms with Crippen LogP contribution in [0.1, 0.15) is 15.9 Å². The zero-order chi connectivity index (χ0) is 16.1. The second-order valence-electron chi connectivity index (χ2n) is 4.47. The Kier molecular flexibility index (Phi) is 5.07. The molecule has 22 heavy (non-hydrogen) atoms. The number of allylic oxidation sites excluding steroid dienone is 1. The molecule has 0 saturated heterocycles. The average Bonchev–Trinajstić information content (AvgIpc) is 2.53. The number of benzene rings is 2. The minimum Gasteiger partial charge on any atom is -0.507 e. The number of carbonyl (C=O) groups is 1. The monoisotopic (exact) mass is 318 g/mol. The summed E-state index contributed by atoms with van der Waals surface area (Å²) in [7, 11) is 2.97. The van der Waals surface area contributed by atoms with Gasteiger partial charge in [-0.05, 0) is 36.4 Å². The lowest BCUT2D eigenvalue weighted by Crippen LogP contribution is -1.94. The predicted octanol–water partition coefficient (Wildman–Crippen LogP) is 3.96. The molecule has 0 atom stereocenters. The van der Waals surface area contributed by atoms with Gasteiger partial charge >= 0.3 is 0 Å². The lowest BCUT2D eigenvalue weighted by atomic mass is 10.1. The number of ether oxygens (including phenoxy) is 2. The Bertz CT molecular complexity index is 705. The molecular formula is C17H15ClO4. The summed E-state index contributed by atoms with van der Waals surface area (Å²) < 4.78 is 10.3. The van der Waals surface area contributed by atoms with Gasteiger partial charge in [0.05, 0.1) is 19.8 Å². The summed E-state index contributed by atoms with van der Waals surface area (Å²) in [6, 6.07) is 9.66. The van der Waals surface area contributed by atoms with Crippen molar-refractivity contribution in [2.24, 2.45) is 0 Å². The summed E-state index contributed by atoms with van der Waals surface area (Å²) in [6.07, 6.45) is 2.87. The van der Waals surface area contributed by atoms with E-state index < -0.39 is 0 Å². The number of halogens is 1. The van der Waals surface area contributed by atoms with Crippen molar-refractivity contribution < 1.29 is 19.4 Å². The fourth-order valence-electron chi connectivity index (χ4n) is 1.91. The van der Waals surface area contributed by atoms with Crippen molar-refractivity contribution in [3.05, 3.63) is 58.6 Å². The number of hydrogen-bond donors (Lipinski definition) is 1. The van der Waals surface area contributed by atoms with Crippen LogP contribution < -0.4 is 9.47 Å². The first kappa shape index (κ1) is 15.9. The quantitative estimate of drug-likeness (QED) is 0.669. The molecule has 4 nitrogen and oxygen atoms in total. The molecule has 0 aromatic heterocycles. The van der Waals surface area contributed by atoms with Gasteiger partial charge in [0.2, 0.25) is 0 Å². The third-order valence-corrected chi connectivity index (χ3v) is 3.33. The van der Waals surface area contributed by atoms with Crippen LogP contribution in [-0.2, 0) is 0 Å². The van der Waals surface area contributed by atoms with Gasteiger partial charge in [0.25, 0.3) is 0 Å². The van der Waals surface area contributed by atoms with Crippen molar-refractivity contribution in [1.82, 2.24) is 0 Å². The fraction of sp³-hybridized carbons (Fsp3) is 0.118. The minimum absolute atomic E-state index is 0.0312. The first-order valence-electron chi connectivity index (χ1n) is 6.48. The topological polar surface area (TPSA) is 55.8 Å². The molecule has 0 amide bonds. The number of carbonyl (C=O) groups excluding carboxylic acids is 1. The minimum atomic E-state index is -0.200. The lowest BCUT2D eigenvalue weighted by molar-refractivity contribution is 0.104. The van der Waals surface area contributed by atoms with E-state index in [4.69, 9.17) is 21.1 Å². The maximum absolute atomic E-state index is 12.1. The Balaban J connectivity index is 2.29. The van der Waals surface area contributed by atoms with Crippen molar-refractivity contribution in [1.29, 1.82) is 0 Å². The molecule has 0 unspecified atom stereocenters. The van der Waals surface area contributed by atoms with Gasteiger partial charge in [-0.2, -0.15) is 0 Å². The molecule has 0 spiro atoms. The van der Waals surface area contributed by atoms with E-state index in [1.807, 2.05) is 0 Å². The number of methoxy groups -OCH3 is 2. The number of ketones is 1. The Morgan fingerprint density at radius 2 is 1.82 bits per heavy atom. The molecule has 0 bridgehead atoms. The van der Waals surface area contributed by atoms with Gasteiger partial charge in [-0.1, -0.05) is 11.6 Å². The van der Waals surface area contributed by atoms with Crippen LogP contribution >= 0.6 is 11.6 Å². The van der Waals surface area contributed by atoms with Crippen LogP contribution in [0.5, 0.6) is 17.2 Å². The summed E-state index contributed by atoms with van der Waals surface area (Å²) in [5.74, 6) is 0.651. The summed E-state index contributed by atoms with van der Waals surface area (Å²) in [4.78, 5) is 12.1. The van der Waals surface area contributed by atoms with E-state index in [0.29, 0.717) is 27.6 Å². The van der Waals surface area contributed by atoms with Crippen LogP contribution in [0, 0.1) is 0 Å². The summed E-state index contributed by atoms with van der Waals surface area (Å²) in [6.45, 7) is 0. The highest BCUT2D eigenvalue weighted by molar-refractivity contribution is 6.30. The van der Waals surface area contributed by atoms with Crippen LogP contribution in [-0.4, -0.2) is 25.1 Å². The standard InChI is InChI=1S/C17H15ClO4/c1-21-13-9-16(20)14(17(10-13)22-2)7-8-15(19)11-3-5-12(18)6-4-11/h3-10,20H,1-2H3/b8-7+. The molecule has 114 valence electrons. The van der Waals surface area contributed by atoms with Gasteiger partial charge in [-0.25, -0.2) is 0 Å². The van der Waals surface area contributed by atoms with Crippen LogP contribution in [0.4, 0.5) is 0 Å². The Morgan fingerprint density at radius 3 is 2.41 bits per heavy atom. The second kappa shape index (κ2) is 7.00. The van der Waals surface area contributed by atoms with Crippen molar-refractivity contribution in [2.45, 2.75) is 0 Å². The molecule has 2 aromatic rings. The number of hydrogen-bond acceptors (Lipinski definition) is 4. The van der Waals surface area contributed by atoms with Crippen LogP contribution in [0.15, 0.2) is 42.5 Å². The highest BCUT2D eigenvalue weighted by Crippen LogP contribution is 2.34. The zero-order valence-corrected chi connectivity index (χ0v) is 12.9. The molecule has 1 N–H and O–H groups in total. The van der Waals surface area contributed by atoms with Crippen molar-refractivity contribution in [2.75, 3.05) is 14.2 Å². The SMILES string of the molecule is COc1cc(O)c(/C=C/C(=O)c2ccc(Cl)cc2)c(OC)c1. The molecule has 0 radical (unpaired) electrons. The molecule has 0 aliphatic rings. The van der Waals surface area contributed by atoms with Crippen molar-refractivity contribution >= 4 is 23.5 Å². The maximum Gasteiger partial charge on any atom is 0.185 e. The first-order valence-corrected chi connectivity index (χ1v) is 6.86. The summed E-state index contributed by atoms with van der Waals surface area (Å²) >= 11 is 5.79. The summed E-state index contributed by atoms with van der Waals surface area (Å²) in [5, 5.41) is 10.6. The van der Waals surface area contributed by atoms with Crippen LogP contribution in [0.2, 0.25) is 5.02 Å². The smallest absolute Gasteiger partial charge is 0.185 e. The predicted molar refractivity (Wildman–Crippen MR) is 86.0 cm³/mol.